The fourth-order valence-corrected chi connectivity index (χ4v) is 2.36. The standard InChI is InChI=1S/C18H26ClN5/c1-3-4-10-20-11-5-12-21-17-13-14(2)22-18(24-17)23-16-8-6-15(19)7-9-16/h6-9,13,20H,3-5,10-12H2,1-2H3,(H2,21,22,23,24). The zero-order valence-electron chi connectivity index (χ0n) is 14.4. The zero-order valence-corrected chi connectivity index (χ0v) is 15.2. The molecule has 2 rings (SSSR count). The Hall–Kier alpha value is -1.85. The summed E-state index contributed by atoms with van der Waals surface area (Å²) in [7, 11) is 0. The van der Waals surface area contributed by atoms with Gasteiger partial charge in [-0.1, -0.05) is 24.9 Å². The van der Waals surface area contributed by atoms with E-state index in [-0.39, 0.29) is 0 Å². The largest absolute Gasteiger partial charge is 0.370 e. The van der Waals surface area contributed by atoms with Gasteiger partial charge in [-0.05, 0) is 57.1 Å². The van der Waals surface area contributed by atoms with Gasteiger partial charge in [0.05, 0.1) is 0 Å². The van der Waals surface area contributed by atoms with Gasteiger partial charge in [0.25, 0.3) is 0 Å². The highest BCUT2D eigenvalue weighted by atomic mass is 35.5. The molecule has 1 aromatic heterocycles. The van der Waals surface area contributed by atoms with Gasteiger partial charge in [0.1, 0.15) is 5.82 Å². The number of nitrogens with one attached hydrogen (secondary N) is 3. The van der Waals surface area contributed by atoms with Crippen LogP contribution in [-0.2, 0) is 0 Å². The average Bonchev–Trinajstić information content (AvgIpc) is 2.56. The van der Waals surface area contributed by atoms with Crippen LogP contribution in [0.25, 0.3) is 0 Å². The van der Waals surface area contributed by atoms with E-state index >= 15 is 0 Å². The molecule has 5 nitrogen and oxygen atoms in total. The molecular weight excluding hydrogens is 322 g/mol. The molecule has 1 heterocycles. The van der Waals surface area contributed by atoms with Crippen LogP contribution < -0.4 is 16.0 Å². The highest BCUT2D eigenvalue weighted by molar-refractivity contribution is 6.30. The van der Waals surface area contributed by atoms with Crippen molar-refractivity contribution >= 4 is 29.1 Å². The molecule has 24 heavy (non-hydrogen) atoms. The highest BCUT2D eigenvalue weighted by Gasteiger charge is 2.03. The van der Waals surface area contributed by atoms with E-state index in [2.05, 4.69) is 32.8 Å². The van der Waals surface area contributed by atoms with Crippen LogP contribution in [0.15, 0.2) is 30.3 Å². The smallest absolute Gasteiger partial charge is 0.229 e. The van der Waals surface area contributed by atoms with Gasteiger partial charge in [0.15, 0.2) is 0 Å². The van der Waals surface area contributed by atoms with Crippen LogP contribution in [0.2, 0.25) is 5.02 Å². The molecule has 0 radical (unpaired) electrons. The van der Waals surface area contributed by atoms with Gasteiger partial charge in [0.2, 0.25) is 5.95 Å². The fourth-order valence-electron chi connectivity index (χ4n) is 2.23. The van der Waals surface area contributed by atoms with Gasteiger partial charge in [-0.25, -0.2) is 4.98 Å². The van der Waals surface area contributed by atoms with Gasteiger partial charge in [0, 0.05) is 29.0 Å². The minimum Gasteiger partial charge on any atom is -0.370 e. The van der Waals surface area contributed by atoms with E-state index in [4.69, 9.17) is 11.6 Å². The second kappa shape index (κ2) is 10.1. The number of aromatic nitrogens is 2. The number of aryl methyl sites for hydroxylation is 1. The van der Waals surface area contributed by atoms with Crippen LogP contribution >= 0.6 is 11.6 Å². The monoisotopic (exact) mass is 347 g/mol. The first kappa shape index (κ1) is 18.5. The second-order valence-corrected chi connectivity index (χ2v) is 6.17. The van der Waals surface area contributed by atoms with Gasteiger partial charge < -0.3 is 16.0 Å². The molecule has 3 N–H and O–H groups in total. The lowest BCUT2D eigenvalue weighted by Crippen LogP contribution is -2.19. The summed E-state index contributed by atoms with van der Waals surface area (Å²) in [5.74, 6) is 1.42. The van der Waals surface area contributed by atoms with Crippen molar-refractivity contribution in [2.75, 3.05) is 30.3 Å². The summed E-state index contributed by atoms with van der Waals surface area (Å²) in [6.07, 6.45) is 3.53. The Labute approximate surface area is 149 Å². The SMILES string of the molecule is CCCCNCCCNc1cc(C)nc(Nc2ccc(Cl)cc2)n1. The molecular formula is C18H26ClN5. The predicted octanol–water partition coefficient (Wildman–Crippen LogP) is 4.37. The minimum atomic E-state index is 0.584. The molecule has 0 unspecified atom stereocenters. The number of benzene rings is 1. The normalized spacial score (nSPS) is 10.6. The van der Waals surface area contributed by atoms with E-state index in [1.165, 1.54) is 12.8 Å². The summed E-state index contributed by atoms with van der Waals surface area (Å²) in [5, 5.41) is 10.7. The first-order valence-corrected chi connectivity index (χ1v) is 8.88. The van der Waals surface area contributed by atoms with E-state index in [0.29, 0.717) is 11.0 Å². The molecule has 0 aliphatic rings. The molecule has 0 bridgehead atoms. The molecule has 0 saturated heterocycles. The van der Waals surface area contributed by atoms with Crippen molar-refractivity contribution in [2.24, 2.45) is 0 Å². The molecule has 0 atom stereocenters. The van der Waals surface area contributed by atoms with Crippen molar-refractivity contribution < 1.29 is 0 Å². The summed E-state index contributed by atoms with van der Waals surface area (Å²) in [6, 6.07) is 9.44. The van der Waals surface area contributed by atoms with E-state index in [1.54, 1.807) is 0 Å². The molecule has 130 valence electrons. The molecule has 2 aromatic rings. The average molecular weight is 348 g/mol. The molecule has 0 aliphatic heterocycles. The van der Waals surface area contributed by atoms with Crippen LogP contribution in [0, 0.1) is 6.92 Å². The molecule has 1 aromatic carbocycles. The van der Waals surface area contributed by atoms with E-state index < -0.39 is 0 Å². The predicted molar refractivity (Wildman–Crippen MR) is 102 cm³/mol. The number of nitrogens with zero attached hydrogens (tertiary/aromatic N) is 2. The summed E-state index contributed by atoms with van der Waals surface area (Å²) < 4.78 is 0. The van der Waals surface area contributed by atoms with Gasteiger partial charge >= 0.3 is 0 Å². The maximum absolute atomic E-state index is 5.90. The van der Waals surface area contributed by atoms with Crippen molar-refractivity contribution in [3.8, 4) is 0 Å². The van der Waals surface area contributed by atoms with Crippen LogP contribution in [0.4, 0.5) is 17.5 Å². The van der Waals surface area contributed by atoms with Crippen LogP contribution in [-0.4, -0.2) is 29.6 Å². The zero-order chi connectivity index (χ0) is 17.2. The number of halogens is 1. The number of anilines is 3. The molecule has 0 amide bonds. The Balaban J connectivity index is 1.83. The van der Waals surface area contributed by atoms with Crippen molar-refractivity contribution in [1.29, 1.82) is 0 Å². The fraction of sp³-hybridized carbons (Fsp3) is 0.444. The summed E-state index contributed by atoms with van der Waals surface area (Å²) >= 11 is 5.90. The van der Waals surface area contributed by atoms with Crippen LogP contribution in [0.3, 0.4) is 0 Å². The van der Waals surface area contributed by atoms with E-state index in [9.17, 15) is 0 Å². The lowest BCUT2D eigenvalue weighted by molar-refractivity contribution is 0.625. The molecule has 0 fully saturated rings. The number of hydrogen-bond donors (Lipinski definition) is 3. The number of rotatable bonds is 10. The maximum Gasteiger partial charge on any atom is 0.229 e. The van der Waals surface area contributed by atoms with E-state index in [1.807, 2.05) is 37.3 Å². The molecule has 0 spiro atoms. The van der Waals surface area contributed by atoms with Gasteiger partial charge in [-0.2, -0.15) is 4.98 Å². The third-order valence-corrected chi connectivity index (χ3v) is 3.75. The van der Waals surface area contributed by atoms with Crippen molar-refractivity contribution in [2.45, 2.75) is 33.1 Å². The summed E-state index contributed by atoms with van der Waals surface area (Å²) in [4.78, 5) is 8.93. The molecule has 0 saturated carbocycles. The Kier molecular flexibility index (Phi) is 7.79. The Bertz CT molecular complexity index is 615. The Morgan fingerprint density at radius 2 is 1.75 bits per heavy atom. The van der Waals surface area contributed by atoms with E-state index in [0.717, 1.165) is 43.3 Å². The second-order valence-electron chi connectivity index (χ2n) is 5.73. The number of hydrogen-bond acceptors (Lipinski definition) is 5. The lowest BCUT2D eigenvalue weighted by Gasteiger charge is -2.10. The topological polar surface area (TPSA) is 61.9 Å². The minimum absolute atomic E-state index is 0.584. The van der Waals surface area contributed by atoms with Crippen LogP contribution in [0.5, 0.6) is 0 Å². The molecule has 0 aliphatic carbocycles. The van der Waals surface area contributed by atoms with Crippen molar-refractivity contribution in [3.05, 3.63) is 41.0 Å². The van der Waals surface area contributed by atoms with Gasteiger partial charge in [-0.15, -0.1) is 0 Å². The first-order chi connectivity index (χ1) is 11.7. The Morgan fingerprint density at radius 1 is 1.00 bits per heavy atom. The first-order valence-electron chi connectivity index (χ1n) is 8.50. The van der Waals surface area contributed by atoms with Crippen LogP contribution in [0.1, 0.15) is 31.9 Å². The summed E-state index contributed by atoms with van der Waals surface area (Å²) in [6.45, 7) is 7.17. The van der Waals surface area contributed by atoms with Crippen molar-refractivity contribution in [1.82, 2.24) is 15.3 Å². The third-order valence-electron chi connectivity index (χ3n) is 3.50. The lowest BCUT2D eigenvalue weighted by atomic mass is 10.3. The van der Waals surface area contributed by atoms with Gasteiger partial charge in [-0.3, -0.25) is 0 Å². The third kappa shape index (κ3) is 6.72. The maximum atomic E-state index is 5.90. The molecule has 6 heteroatoms. The Morgan fingerprint density at radius 3 is 2.50 bits per heavy atom. The quantitative estimate of drug-likeness (QED) is 0.557. The van der Waals surface area contributed by atoms with Crippen molar-refractivity contribution in [3.63, 3.8) is 0 Å². The number of unbranched alkanes of at least 4 members (excludes halogenated alkanes) is 1. The summed E-state index contributed by atoms with van der Waals surface area (Å²) in [5.41, 5.74) is 1.83. The highest BCUT2D eigenvalue weighted by Crippen LogP contribution is 2.18.